The van der Waals surface area contributed by atoms with Crippen LogP contribution in [0.2, 0.25) is 0 Å². The van der Waals surface area contributed by atoms with Crippen LogP contribution in [-0.4, -0.2) is 18.8 Å². The zero-order valence-corrected chi connectivity index (χ0v) is 7.53. The molecular formula is C10H16N2. The molecule has 1 heterocycles. The molecule has 1 saturated carbocycles. The van der Waals surface area contributed by atoms with Crippen LogP contribution in [0.4, 0.5) is 0 Å². The topological polar surface area (TPSA) is 38.4 Å². The van der Waals surface area contributed by atoms with Crippen molar-refractivity contribution in [3.63, 3.8) is 0 Å². The number of nitrogens with zero attached hydrogens (tertiary/aromatic N) is 1. The quantitative estimate of drug-likeness (QED) is 0.657. The van der Waals surface area contributed by atoms with E-state index in [-0.39, 0.29) is 0 Å². The van der Waals surface area contributed by atoms with E-state index in [1.807, 2.05) is 0 Å². The first-order chi connectivity index (χ1) is 5.81. The van der Waals surface area contributed by atoms with E-state index in [1.54, 1.807) is 0 Å². The molecule has 0 spiro atoms. The Kier molecular flexibility index (Phi) is 2.01. The molecule has 2 heteroatoms. The molecule has 0 saturated heterocycles. The maximum atomic E-state index is 5.66. The molecule has 2 rings (SSSR count). The van der Waals surface area contributed by atoms with Gasteiger partial charge in [0.2, 0.25) is 0 Å². The Labute approximate surface area is 73.6 Å². The Morgan fingerprint density at radius 3 is 2.92 bits per heavy atom. The van der Waals surface area contributed by atoms with E-state index in [9.17, 15) is 0 Å². The van der Waals surface area contributed by atoms with E-state index in [4.69, 9.17) is 5.73 Å². The van der Waals surface area contributed by atoms with Crippen molar-refractivity contribution in [2.24, 2.45) is 22.6 Å². The van der Waals surface area contributed by atoms with Crippen LogP contribution in [0.15, 0.2) is 16.6 Å². The number of aliphatic imine (C=N–C) groups is 1. The van der Waals surface area contributed by atoms with E-state index < -0.39 is 0 Å². The lowest BCUT2D eigenvalue weighted by molar-refractivity contribution is 0.539. The van der Waals surface area contributed by atoms with Gasteiger partial charge in [0.25, 0.3) is 0 Å². The van der Waals surface area contributed by atoms with Gasteiger partial charge in [0, 0.05) is 18.7 Å². The molecule has 0 aromatic rings. The second-order valence-corrected chi connectivity index (χ2v) is 3.86. The monoisotopic (exact) mass is 164 g/mol. The predicted octanol–water partition coefficient (Wildman–Crippen LogP) is 1.37. The molecule has 0 aromatic heterocycles. The minimum atomic E-state index is 0.387. The summed E-state index contributed by atoms with van der Waals surface area (Å²) in [7, 11) is 0. The lowest BCUT2D eigenvalue weighted by Crippen LogP contribution is -2.25. The average molecular weight is 164 g/mol. The molecule has 0 aromatic carbocycles. The highest BCUT2D eigenvalue weighted by Gasteiger charge is 2.28. The Balaban J connectivity index is 2.10. The summed E-state index contributed by atoms with van der Waals surface area (Å²) in [4.78, 5) is 4.45. The molecular weight excluding hydrogens is 148 g/mol. The second kappa shape index (κ2) is 3.02. The van der Waals surface area contributed by atoms with Crippen molar-refractivity contribution < 1.29 is 0 Å². The van der Waals surface area contributed by atoms with Gasteiger partial charge in [-0.25, -0.2) is 0 Å². The summed E-state index contributed by atoms with van der Waals surface area (Å²) in [5, 5.41) is 0. The summed E-state index contributed by atoms with van der Waals surface area (Å²) in [6.07, 6.45) is 7.08. The summed E-state index contributed by atoms with van der Waals surface area (Å²) in [6, 6.07) is 0.387. The van der Waals surface area contributed by atoms with Gasteiger partial charge in [-0.1, -0.05) is 6.08 Å². The molecule has 2 atom stereocenters. The van der Waals surface area contributed by atoms with Gasteiger partial charge >= 0.3 is 0 Å². The van der Waals surface area contributed by atoms with Crippen LogP contribution in [0.3, 0.4) is 0 Å². The summed E-state index contributed by atoms with van der Waals surface area (Å²) >= 11 is 0. The van der Waals surface area contributed by atoms with Gasteiger partial charge in [-0.3, -0.25) is 4.99 Å². The van der Waals surface area contributed by atoms with E-state index >= 15 is 0 Å². The highest BCUT2D eigenvalue weighted by Crippen LogP contribution is 2.37. The van der Waals surface area contributed by atoms with Gasteiger partial charge in [-0.05, 0) is 31.3 Å². The Morgan fingerprint density at radius 1 is 1.58 bits per heavy atom. The number of allylic oxidation sites excluding steroid dienone is 1. The molecule has 2 aliphatic rings. The van der Waals surface area contributed by atoms with Crippen molar-refractivity contribution in [3.8, 4) is 0 Å². The van der Waals surface area contributed by atoms with Gasteiger partial charge in [0.05, 0.1) is 6.04 Å². The lowest BCUT2D eigenvalue weighted by atomic mass is 9.94. The zero-order valence-electron chi connectivity index (χ0n) is 7.53. The molecule has 0 radical (unpaired) electrons. The fourth-order valence-corrected chi connectivity index (χ4v) is 1.67. The Morgan fingerprint density at radius 2 is 2.33 bits per heavy atom. The normalized spacial score (nSPS) is 35.0. The zero-order chi connectivity index (χ0) is 8.55. The van der Waals surface area contributed by atoms with Crippen LogP contribution in [-0.2, 0) is 0 Å². The van der Waals surface area contributed by atoms with Crippen molar-refractivity contribution in [1.82, 2.24) is 0 Å². The number of rotatable bonds is 2. The maximum Gasteiger partial charge on any atom is 0.0546 e. The fourth-order valence-electron chi connectivity index (χ4n) is 1.67. The van der Waals surface area contributed by atoms with Crippen LogP contribution in [0.25, 0.3) is 0 Å². The Hall–Kier alpha value is -0.630. The van der Waals surface area contributed by atoms with Crippen LogP contribution < -0.4 is 5.73 Å². The van der Waals surface area contributed by atoms with Gasteiger partial charge in [-0.15, -0.1) is 0 Å². The highest BCUT2D eigenvalue weighted by atomic mass is 14.8. The summed E-state index contributed by atoms with van der Waals surface area (Å²) < 4.78 is 0. The van der Waals surface area contributed by atoms with Crippen LogP contribution in [0.1, 0.15) is 19.8 Å². The first kappa shape index (κ1) is 7.99. The third-order valence-electron chi connectivity index (χ3n) is 2.81. The average Bonchev–Trinajstić information content (AvgIpc) is 2.88. The molecule has 0 amide bonds. The van der Waals surface area contributed by atoms with E-state index in [0.717, 1.165) is 12.5 Å². The number of dihydropyridines is 1. The molecule has 1 aliphatic heterocycles. The predicted molar refractivity (Wildman–Crippen MR) is 51.3 cm³/mol. The van der Waals surface area contributed by atoms with E-state index in [2.05, 4.69) is 24.2 Å². The van der Waals surface area contributed by atoms with Crippen LogP contribution in [0.5, 0.6) is 0 Å². The first-order valence-corrected chi connectivity index (χ1v) is 4.76. The molecule has 2 N–H and O–H groups in total. The molecule has 1 aliphatic carbocycles. The third kappa shape index (κ3) is 1.44. The standard InChI is InChI=1S/C10H16N2/c1-7-9(5-11)4-10(6-12-7)8-2-3-8/h4,6-9H,2-3,5,11H2,1H3. The fraction of sp³-hybridized carbons (Fsp3) is 0.700. The SMILES string of the molecule is CC1N=CC(C2CC2)=CC1CN. The van der Waals surface area contributed by atoms with Crippen LogP contribution in [0, 0.1) is 11.8 Å². The summed E-state index contributed by atoms with van der Waals surface area (Å²) in [5.74, 6) is 1.29. The van der Waals surface area contributed by atoms with E-state index in [1.165, 1.54) is 18.4 Å². The van der Waals surface area contributed by atoms with Gasteiger partial charge < -0.3 is 5.73 Å². The highest BCUT2D eigenvalue weighted by molar-refractivity contribution is 5.81. The van der Waals surface area contributed by atoms with Gasteiger partial charge in [0.15, 0.2) is 0 Å². The van der Waals surface area contributed by atoms with Crippen molar-refractivity contribution >= 4 is 6.21 Å². The molecule has 66 valence electrons. The van der Waals surface area contributed by atoms with Gasteiger partial charge in [-0.2, -0.15) is 0 Å². The molecule has 2 unspecified atom stereocenters. The van der Waals surface area contributed by atoms with Crippen LogP contribution >= 0.6 is 0 Å². The van der Waals surface area contributed by atoms with E-state index in [0.29, 0.717) is 12.0 Å². The van der Waals surface area contributed by atoms with Crippen molar-refractivity contribution in [1.29, 1.82) is 0 Å². The molecule has 2 nitrogen and oxygen atoms in total. The number of hydrogen-bond donors (Lipinski definition) is 1. The smallest absolute Gasteiger partial charge is 0.0546 e. The first-order valence-electron chi connectivity index (χ1n) is 4.76. The molecule has 0 bridgehead atoms. The number of nitrogens with two attached hydrogens (primary N) is 1. The molecule has 1 fully saturated rings. The Bertz CT molecular complexity index is 226. The largest absolute Gasteiger partial charge is 0.330 e. The van der Waals surface area contributed by atoms with Crippen molar-refractivity contribution in [2.75, 3.05) is 6.54 Å². The second-order valence-electron chi connectivity index (χ2n) is 3.86. The summed E-state index contributed by atoms with van der Waals surface area (Å²) in [5.41, 5.74) is 7.09. The minimum absolute atomic E-state index is 0.387. The molecule has 12 heavy (non-hydrogen) atoms. The lowest BCUT2D eigenvalue weighted by Gasteiger charge is -2.20. The third-order valence-corrected chi connectivity index (χ3v) is 2.81. The van der Waals surface area contributed by atoms with Gasteiger partial charge in [0.1, 0.15) is 0 Å². The maximum absolute atomic E-state index is 5.66. The number of hydrogen-bond acceptors (Lipinski definition) is 2. The minimum Gasteiger partial charge on any atom is -0.330 e. The van der Waals surface area contributed by atoms with Crippen molar-refractivity contribution in [2.45, 2.75) is 25.8 Å². The summed E-state index contributed by atoms with van der Waals surface area (Å²) in [6.45, 7) is 2.86. The van der Waals surface area contributed by atoms with Crippen molar-refractivity contribution in [3.05, 3.63) is 11.6 Å².